The van der Waals surface area contributed by atoms with Crippen LogP contribution in [0.25, 0.3) is 10.8 Å². The van der Waals surface area contributed by atoms with Crippen molar-refractivity contribution in [3.8, 4) is 10.8 Å². The molecular weight excluding hydrogens is 308 g/mol. The Morgan fingerprint density at radius 1 is 1.48 bits per heavy atom. The normalized spacial score (nSPS) is 11.1. The van der Waals surface area contributed by atoms with Gasteiger partial charge in [0.2, 0.25) is 0 Å². The summed E-state index contributed by atoms with van der Waals surface area (Å²) < 4.78 is 12.4. The van der Waals surface area contributed by atoms with Gasteiger partial charge in [-0.25, -0.2) is 4.98 Å². The molecule has 0 bridgehead atoms. The number of aromatic nitrogens is 4. The molecule has 21 heavy (non-hydrogen) atoms. The topological polar surface area (TPSA) is 66.0 Å². The fourth-order valence-corrected chi connectivity index (χ4v) is 3.45. The Morgan fingerprint density at radius 3 is 3.24 bits per heavy atom. The summed E-state index contributed by atoms with van der Waals surface area (Å²) >= 11 is 3.20. The molecule has 0 saturated carbocycles. The largest absolute Gasteiger partial charge is 0.462 e. The summed E-state index contributed by atoms with van der Waals surface area (Å²) in [5.41, 5.74) is 1.01. The summed E-state index contributed by atoms with van der Waals surface area (Å²) in [4.78, 5) is 4.57. The van der Waals surface area contributed by atoms with Crippen molar-refractivity contribution in [2.75, 3.05) is 13.7 Å². The van der Waals surface area contributed by atoms with E-state index in [2.05, 4.69) is 15.2 Å². The smallest absolute Gasteiger partial charge is 0.191 e. The van der Waals surface area contributed by atoms with E-state index in [1.807, 2.05) is 22.1 Å². The van der Waals surface area contributed by atoms with Crippen molar-refractivity contribution in [2.24, 2.45) is 0 Å². The van der Waals surface area contributed by atoms with Crippen LogP contribution < -0.4 is 0 Å². The maximum Gasteiger partial charge on any atom is 0.191 e. The summed E-state index contributed by atoms with van der Waals surface area (Å²) in [7, 11) is 1.68. The van der Waals surface area contributed by atoms with Crippen LogP contribution in [-0.2, 0) is 17.0 Å². The van der Waals surface area contributed by atoms with Gasteiger partial charge in [0.25, 0.3) is 0 Å². The fourth-order valence-electron chi connectivity index (χ4n) is 1.72. The number of hydrogen-bond donors (Lipinski definition) is 0. The summed E-state index contributed by atoms with van der Waals surface area (Å²) in [5, 5.41) is 11.9. The van der Waals surface area contributed by atoms with Gasteiger partial charge in [-0.2, -0.15) is 0 Å². The Labute approximate surface area is 130 Å². The molecule has 0 fully saturated rings. The first-order valence-corrected chi connectivity index (χ1v) is 8.21. The molecule has 3 aromatic heterocycles. The van der Waals surface area contributed by atoms with Gasteiger partial charge in [-0.05, 0) is 12.1 Å². The molecule has 0 aliphatic heterocycles. The van der Waals surface area contributed by atoms with Crippen LogP contribution in [0.3, 0.4) is 0 Å². The Balaban J connectivity index is 1.62. The highest BCUT2D eigenvalue weighted by Gasteiger charge is 2.10. The van der Waals surface area contributed by atoms with Gasteiger partial charge in [-0.15, -0.1) is 21.5 Å². The monoisotopic (exact) mass is 322 g/mol. The number of hydrogen-bond acceptors (Lipinski definition) is 7. The predicted molar refractivity (Wildman–Crippen MR) is 81.3 cm³/mol. The first-order valence-electron chi connectivity index (χ1n) is 6.34. The Kier molecular flexibility index (Phi) is 4.69. The molecule has 0 aliphatic carbocycles. The summed E-state index contributed by atoms with van der Waals surface area (Å²) in [6.45, 7) is 1.39. The Bertz CT molecular complexity index is 678. The van der Waals surface area contributed by atoms with Gasteiger partial charge in [-0.3, -0.25) is 0 Å². The number of thioether (sulfide) groups is 1. The molecule has 3 rings (SSSR count). The average molecular weight is 322 g/mol. The summed E-state index contributed by atoms with van der Waals surface area (Å²) in [5.74, 6) is 1.56. The van der Waals surface area contributed by atoms with Crippen LogP contribution in [0.4, 0.5) is 0 Å². The van der Waals surface area contributed by atoms with Crippen molar-refractivity contribution in [3.63, 3.8) is 0 Å². The minimum atomic E-state index is 0.644. The van der Waals surface area contributed by atoms with Gasteiger partial charge < -0.3 is 13.7 Å². The number of ether oxygens (including phenoxy) is 1. The highest BCUT2D eigenvalue weighted by molar-refractivity contribution is 7.98. The van der Waals surface area contributed by atoms with Crippen molar-refractivity contribution in [1.82, 2.24) is 19.7 Å². The van der Waals surface area contributed by atoms with Gasteiger partial charge in [0.15, 0.2) is 15.9 Å². The lowest BCUT2D eigenvalue weighted by molar-refractivity contribution is 0.184. The molecule has 3 heterocycles. The van der Waals surface area contributed by atoms with E-state index in [1.165, 1.54) is 0 Å². The van der Waals surface area contributed by atoms with Crippen molar-refractivity contribution in [1.29, 1.82) is 0 Å². The second-order valence-electron chi connectivity index (χ2n) is 4.21. The molecule has 0 amide bonds. The van der Waals surface area contributed by atoms with Crippen LogP contribution in [0, 0.1) is 0 Å². The minimum Gasteiger partial charge on any atom is -0.462 e. The molecule has 0 N–H and O–H groups in total. The second kappa shape index (κ2) is 6.88. The van der Waals surface area contributed by atoms with Crippen molar-refractivity contribution in [3.05, 3.63) is 35.8 Å². The maximum atomic E-state index is 5.35. The van der Waals surface area contributed by atoms with Crippen LogP contribution in [0.2, 0.25) is 0 Å². The lowest BCUT2D eigenvalue weighted by Gasteiger charge is -2.04. The number of nitrogens with zero attached hydrogens (tertiary/aromatic N) is 4. The van der Waals surface area contributed by atoms with Crippen molar-refractivity contribution < 1.29 is 9.15 Å². The zero-order valence-electron chi connectivity index (χ0n) is 11.4. The first-order chi connectivity index (χ1) is 10.4. The molecule has 0 atom stereocenters. The second-order valence-corrected chi connectivity index (χ2v) is 6.01. The maximum absolute atomic E-state index is 5.35. The van der Waals surface area contributed by atoms with Gasteiger partial charge in [-0.1, -0.05) is 11.8 Å². The third-order valence-corrected chi connectivity index (χ3v) is 4.67. The molecule has 0 radical (unpaired) electrons. The number of rotatable bonds is 7. The van der Waals surface area contributed by atoms with Crippen molar-refractivity contribution >= 4 is 23.1 Å². The lowest BCUT2D eigenvalue weighted by atomic mass is 10.5. The Hall–Kier alpha value is -1.64. The van der Waals surface area contributed by atoms with Gasteiger partial charge in [0, 0.05) is 24.8 Å². The van der Waals surface area contributed by atoms with E-state index in [-0.39, 0.29) is 0 Å². The zero-order chi connectivity index (χ0) is 14.5. The Morgan fingerprint density at radius 2 is 2.43 bits per heavy atom. The van der Waals surface area contributed by atoms with Gasteiger partial charge >= 0.3 is 0 Å². The molecule has 6 nitrogen and oxygen atoms in total. The van der Waals surface area contributed by atoms with E-state index >= 15 is 0 Å². The molecule has 0 aliphatic rings. The van der Waals surface area contributed by atoms with E-state index < -0.39 is 0 Å². The van der Waals surface area contributed by atoms with E-state index in [4.69, 9.17) is 9.15 Å². The minimum absolute atomic E-state index is 0.644. The molecular formula is C13H14N4O2S2. The molecule has 0 aromatic carbocycles. The molecule has 110 valence electrons. The first kappa shape index (κ1) is 14.3. The van der Waals surface area contributed by atoms with Crippen LogP contribution in [0.5, 0.6) is 0 Å². The highest BCUT2D eigenvalue weighted by Crippen LogP contribution is 2.27. The molecule has 8 heteroatoms. The highest BCUT2D eigenvalue weighted by atomic mass is 32.2. The lowest BCUT2D eigenvalue weighted by Crippen LogP contribution is -2.04. The van der Waals surface area contributed by atoms with Crippen LogP contribution in [0.1, 0.15) is 5.69 Å². The molecule has 3 aromatic rings. The van der Waals surface area contributed by atoms with Crippen LogP contribution >= 0.6 is 23.1 Å². The average Bonchev–Trinajstić information content (AvgIpc) is 3.22. The van der Waals surface area contributed by atoms with E-state index in [0.29, 0.717) is 6.61 Å². The summed E-state index contributed by atoms with van der Waals surface area (Å²) in [6.07, 6.45) is 3.38. The van der Waals surface area contributed by atoms with Gasteiger partial charge in [0.05, 0.1) is 18.6 Å². The molecule has 0 unspecified atom stereocenters. The van der Waals surface area contributed by atoms with E-state index in [0.717, 1.165) is 33.9 Å². The number of thiazole rings is 1. The van der Waals surface area contributed by atoms with Crippen LogP contribution in [-0.4, -0.2) is 33.5 Å². The van der Waals surface area contributed by atoms with Crippen LogP contribution in [0.15, 0.2) is 39.7 Å². The van der Waals surface area contributed by atoms with E-state index in [9.17, 15) is 0 Å². The number of methoxy groups -OCH3 is 1. The van der Waals surface area contributed by atoms with E-state index in [1.54, 1.807) is 42.8 Å². The standard InChI is InChI=1S/C13H14N4O2S2/c1-18-6-4-17-9-14-16-13(17)21-8-10-7-20-12(15-10)11-3-2-5-19-11/h2-3,5,7,9H,4,6,8H2,1H3. The fraction of sp³-hybridized carbons (Fsp3) is 0.308. The zero-order valence-corrected chi connectivity index (χ0v) is 13.1. The molecule has 0 saturated heterocycles. The predicted octanol–water partition coefficient (Wildman–Crippen LogP) is 2.93. The number of furan rings is 1. The molecule has 0 spiro atoms. The summed E-state index contributed by atoms with van der Waals surface area (Å²) in [6, 6.07) is 3.78. The third kappa shape index (κ3) is 3.52. The third-order valence-electron chi connectivity index (χ3n) is 2.75. The SMILES string of the molecule is COCCn1cnnc1SCc1csc(-c2ccco2)n1. The van der Waals surface area contributed by atoms with Crippen molar-refractivity contribution in [2.45, 2.75) is 17.5 Å². The van der Waals surface area contributed by atoms with Gasteiger partial charge in [0.1, 0.15) is 6.33 Å². The quantitative estimate of drug-likeness (QED) is 0.623.